The summed E-state index contributed by atoms with van der Waals surface area (Å²) in [6.45, 7) is 5.33. The highest BCUT2D eigenvalue weighted by Gasteiger charge is 2.23. The van der Waals surface area contributed by atoms with Crippen molar-refractivity contribution in [1.29, 1.82) is 0 Å². The highest BCUT2D eigenvalue weighted by Crippen LogP contribution is 2.18. The van der Waals surface area contributed by atoms with Crippen LogP contribution in [0, 0.1) is 6.92 Å². The van der Waals surface area contributed by atoms with Gasteiger partial charge in [0.1, 0.15) is 0 Å². The Labute approximate surface area is 154 Å². The van der Waals surface area contributed by atoms with Gasteiger partial charge >= 0.3 is 0 Å². The minimum atomic E-state index is -3.84. The van der Waals surface area contributed by atoms with Crippen LogP contribution in [-0.4, -0.2) is 50.3 Å². The second-order valence-electron chi connectivity index (χ2n) is 6.58. The quantitative estimate of drug-likeness (QED) is 0.882. The van der Waals surface area contributed by atoms with E-state index in [1.165, 1.54) is 11.6 Å². The molecule has 2 aromatic carbocycles. The molecular formula is C19H23N3O3S. The molecule has 0 unspecified atom stereocenters. The first-order valence-corrected chi connectivity index (χ1v) is 10.1. The summed E-state index contributed by atoms with van der Waals surface area (Å²) in [5, 5.41) is 5.24. The normalized spacial score (nSPS) is 15.8. The van der Waals surface area contributed by atoms with Gasteiger partial charge in [0.05, 0.1) is 4.90 Å². The molecule has 1 saturated heterocycles. The molecule has 0 radical (unpaired) electrons. The van der Waals surface area contributed by atoms with Crippen LogP contribution in [0.1, 0.15) is 21.5 Å². The van der Waals surface area contributed by atoms with Crippen LogP contribution in [0.2, 0.25) is 0 Å². The van der Waals surface area contributed by atoms with Gasteiger partial charge in [-0.3, -0.25) is 9.69 Å². The number of hydrogen-bond donors (Lipinski definition) is 1. The highest BCUT2D eigenvalue weighted by atomic mass is 32.2. The molecule has 0 atom stereocenters. The van der Waals surface area contributed by atoms with E-state index in [1.54, 1.807) is 24.0 Å². The number of aryl methyl sites for hydroxylation is 1. The van der Waals surface area contributed by atoms with Crippen LogP contribution < -0.4 is 5.14 Å². The molecule has 138 valence electrons. The standard InChI is InChI=1S/C19H23N3O3S/c1-15-7-8-17(13-18(15)26(20,24)25)19(23)22-11-9-21(10-12-22)14-16-5-3-2-4-6-16/h2-8,13H,9-12,14H2,1H3,(H2,20,24,25). The monoisotopic (exact) mass is 373 g/mol. The molecular weight excluding hydrogens is 350 g/mol. The Kier molecular flexibility index (Phi) is 5.41. The maximum Gasteiger partial charge on any atom is 0.253 e. The van der Waals surface area contributed by atoms with Crippen LogP contribution in [0.25, 0.3) is 0 Å². The first kappa shape index (κ1) is 18.6. The number of amides is 1. The molecule has 1 aliphatic heterocycles. The molecule has 6 nitrogen and oxygen atoms in total. The fraction of sp³-hybridized carbons (Fsp3) is 0.316. The Morgan fingerprint density at radius 1 is 1.04 bits per heavy atom. The van der Waals surface area contributed by atoms with E-state index in [0.717, 1.165) is 19.6 Å². The lowest BCUT2D eigenvalue weighted by Gasteiger charge is -2.34. The van der Waals surface area contributed by atoms with E-state index in [2.05, 4.69) is 17.0 Å². The van der Waals surface area contributed by atoms with Gasteiger partial charge in [0.15, 0.2) is 0 Å². The van der Waals surface area contributed by atoms with E-state index in [9.17, 15) is 13.2 Å². The molecule has 0 aliphatic carbocycles. The zero-order valence-corrected chi connectivity index (χ0v) is 15.6. The van der Waals surface area contributed by atoms with Crippen molar-refractivity contribution in [3.8, 4) is 0 Å². The molecule has 0 spiro atoms. The number of piperazine rings is 1. The minimum absolute atomic E-state index is 0.00561. The van der Waals surface area contributed by atoms with Gasteiger partial charge in [-0.15, -0.1) is 0 Å². The molecule has 0 bridgehead atoms. The van der Waals surface area contributed by atoms with E-state index >= 15 is 0 Å². The van der Waals surface area contributed by atoms with Crippen molar-refractivity contribution in [3.05, 3.63) is 65.2 Å². The topological polar surface area (TPSA) is 83.7 Å². The summed E-state index contributed by atoms with van der Waals surface area (Å²) in [6, 6.07) is 14.9. The molecule has 26 heavy (non-hydrogen) atoms. The lowest BCUT2D eigenvalue weighted by atomic mass is 10.1. The fourth-order valence-electron chi connectivity index (χ4n) is 3.17. The summed E-state index contributed by atoms with van der Waals surface area (Å²) in [5.74, 6) is -0.158. The maximum absolute atomic E-state index is 12.7. The van der Waals surface area contributed by atoms with Crippen molar-refractivity contribution < 1.29 is 13.2 Å². The molecule has 3 rings (SSSR count). The van der Waals surface area contributed by atoms with Crippen LogP contribution in [0.15, 0.2) is 53.4 Å². The Hall–Kier alpha value is -2.22. The first-order valence-electron chi connectivity index (χ1n) is 8.53. The SMILES string of the molecule is Cc1ccc(C(=O)N2CCN(Cc3ccccc3)CC2)cc1S(N)(=O)=O. The lowest BCUT2D eigenvalue weighted by molar-refractivity contribution is 0.0628. The number of hydrogen-bond acceptors (Lipinski definition) is 4. The summed E-state index contributed by atoms with van der Waals surface area (Å²) in [6.07, 6.45) is 0. The summed E-state index contributed by atoms with van der Waals surface area (Å²) >= 11 is 0. The van der Waals surface area contributed by atoms with E-state index < -0.39 is 10.0 Å². The molecule has 1 heterocycles. The molecule has 1 fully saturated rings. The third kappa shape index (κ3) is 4.30. The number of sulfonamides is 1. The van der Waals surface area contributed by atoms with Gasteiger partial charge in [0, 0.05) is 38.3 Å². The van der Waals surface area contributed by atoms with Gasteiger partial charge in [-0.2, -0.15) is 0 Å². The summed E-state index contributed by atoms with van der Waals surface area (Å²) in [7, 11) is -3.84. The zero-order valence-electron chi connectivity index (χ0n) is 14.8. The number of benzene rings is 2. The average molecular weight is 373 g/mol. The van der Waals surface area contributed by atoms with Crippen molar-refractivity contribution in [1.82, 2.24) is 9.80 Å². The largest absolute Gasteiger partial charge is 0.336 e. The van der Waals surface area contributed by atoms with Crippen LogP contribution >= 0.6 is 0 Å². The molecule has 1 amide bonds. The van der Waals surface area contributed by atoms with Crippen molar-refractivity contribution in [2.45, 2.75) is 18.4 Å². The van der Waals surface area contributed by atoms with Gasteiger partial charge in [0.2, 0.25) is 10.0 Å². The molecule has 2 aromatic rings. The fourth-order valence-corrected chi connectivity index (χ4v) is 3.98. The molecule has 7 heteroatoms. The molecule has 0 aromatic heterocycles. The van der Waals surface area contributed by atoms with Gasteiger partial charge in [-0.05, 0) is 30.2 Å². The van der Waals surface area contributed by atoms with Crippen LogP contribution in [0.3, 0.4) is 0 Å². The third-order valence-electron chi connectivity index (χ3n) is 4.65. The first-order chi connectivity index (χ1) is 12.3. The molecule has 0 saturated carbocycles. The van der Waals surface area contributed by atoms with Crippen molar-refractivity contribution >= 4 is 15.9 Å². The summed E-state index contributed by atoms with van der Waals surface area (Å²) in [5.41, 5.74) is 2.15. The number of carbonyl (C=O) groups excluding carboxylic acids is 1. The second-order valence-corrected chi connectivity index (χ2v) is 8.11. The number of carbonyl (C=O) groups is 1. The van der Waals surface area contributed by atoms with Gasteiger partial charge < -0.3 is 4.90 Å². The van der Waals surface area contributed by atoms with Crippen molar-refractivity contribution in [2.24, 2.45) is 5.14 Å². The third-order valence-corrected chi connectivity index (χ3v) is 5.70. The minimum Gasteiger partial charge on any atom is -0.336 e. The van der Waals surface area contributed by atoms with Crippen LogP contribution in [0.4, 0.5) is 0 Å². The predicted molar refractivity (Wildman–Crippen MR) is 100 cm³/mol. The van der Waals surface area contributed by atoms with Gasteiger partial charge in [0.25, 0.3) is 5.91 Å². The van der Waals surface area contributed by atoms with Crippen molar-refractivity contribution in [3.63, 3.8) is 0 Å². The Bertz CT molecular complexity index is 890. The maximum atomic E-state index is 12.7. The molecule has 2 N–H and O–H groups in total. The Morgan fingerprint density at radius 2 is 1.69 bits per heavy atom. The molecule has 1 aliphatic rings. The number of nitrogens with two attached hydrogens (primary N) is 1. The zero-order chi connectivity index (χ0) is 18.7. The van der Waals surface area contributed by atoms with Crippen molar-refractivity contribution in [2.75, 3.05) is 26.2 Å². The van der Waals surface area contributed by atoms with E-state index in [1.807, 2.05) is 18.2 Å². The van der Waals surface area contributed by atoms with Crippen LogP contribution in [-0.2, 0) is 16.6 Å². The van der Waals surface area contributed by atoms with Gasteiger partial charge in [-0.1, -0.05) is 36.4 Å². The number of primary sulfonamides is 1. The Morgan fingerprint density at radius 3 is 2.31 bits per heavy atom. The number of rotatable bonds is 4. The van der Waals surface area contributed by atoms with E-state index in [0.29, 0.717) is 24.2 Å². The predicted octanol–water partition coefficient (Wildman–Crippen LogP) is 1.60. The van der Waals surface area contributed by atoms with E-state index in [4.69, 9.17) is 5.14 Å². The summed E-state index contributed by atoms with van der Waals surface area (Å²) in [4.78, 5) is 16.8. The lowest BCUT2D eigenvalue weighted by Crippen LogP contribution is -2.48. The summed E-state index contributed by atoms with van der Waals surface area (Å²) < 4.78 is 23.3. The highest BCUT2D eigenvalue weighted by molar-refractivity contribution is 7.89. The second kappa shape index (κ2) is 7.57. The van der Waals surface area contributed by atoms with Crippen LogP contribution in [0.5, 0.6) is 0 Å². The smallest absolute Gasteiger partial charge is 0.253 e. The van der Waals surface area contributed by atoms with Gasteiger partial charge in [-0.25, -0.2) is 13.6 Å². The van der Waals surface area contributed by atoms with E-state index in [-0.39, 0.29) is 10.8 Å². The Balaban J connectivity index is 1.65. The number of nitrogens with zero attached hydrogens (tertiary/aromatic N) is 2. The average Bonchev–Trinajstić information content (AvgIpc) is 2.62.